The lowest BCUT2D eigenvalue weighted by atomic mass is 10.1. The molecule has 0 aliphatic rings. The molecule has 27 heavy (non-hydrogen) atoms. The molecule has 0 aromatic heterocycles. The standard InChI is InChI=1S/C20H24N2O5/c1-25-16-6-8-17(9-7-16)27-13-12-22-20(24)19(23)21-11-10-15-4-3-5-18(14-15)26-2/h3-9,14H,10-13H2,1-2H3,(H,21,23)(H,22,24). The third-order valence-corrected chi connectivity index (χ3v) is 3.76. The molecule has 2 aromatic rings. The van der Waals surface area contributed by atoms with Crippen LogP contribution in [0, 0.1) is 0 Å². The first-order chi connectivity index (χ1) is 13.1. The lowest BCUT2D eigenvalue weighted by Gasteiger charge is -2.09. The average Bonchev–Trinajstić information content (AvgIpc) is 2.71. The van der Waals surface area contributed by atoms with E-state index in [1.54, 1.807) is 38.5 Å². The maximum Gasteiger partial charge on any atom is 0.309 e. The van der Waals surface area contributed by atoms with Gasteiger partial charge in [0.05, 0.1) is 20.8 Å². The lowest BCUT2D eigenvalue weighted by molar-refractivity contribution is -0.139. The van der Waals surface area contributed by atoms with Crippen LogP contribution >= 0.6 is 0 Å². The molecule has 2 amide bonds. The molecule has 2 rings (SSSR count). The van der Waals surface area contributed by atoms with E-state index in [1.165, 1.54) is 0 Å². The summed E-state index contributed by atoms with van der Waals surface area (Å²) in [5, 5.41) is 5.11. The van der Waals surface area contributed by atoms with Crippen molar-refractivity contribution in [1.29, 1.82) is 0 Å². The predicted octanol–water partition coefficient (Wildman–Crippen LogP) is 1.56. The minimum Gasteiger partial charge on any atom is -0.497 e. The van der Waals surface area contributed by atoms with Gasteiger partial charge in [-0.15, -0.1) is 0 Å². The molecule has 7 heteroatoms. The summed E-state index contributed by atoms with van der Waals surface area (Å²) in [5.74, 6) is 0.809. The Kier molecular flexibility index (Phi) is 7.96. The second-order valence-electron chi connectivity index (χ2n) is 5.64. The molecule has 144 valence electrons. The van der Waals surface area contributed by atoms with Crippen LogP contribution in [0.25, 0.3) is 0 Å². The minimum atomic E-state index is -0.682. The van der Waals surface area contributed by atoms with Gasteiger partial charge in [0.15, 0.2) is 0 Å². The van der Waals surface area contributed by atoms with Crippen LogP contribution in [0.1, 0.15) is 5.56 Å². The molecule has 0 unspecified atom stereocenters. The maximum absolute atomic E-state index is 11.8. The average molecular weight is 372 g/mol. The topological polar surface area (TPSA) is 85.9 Å². The van der Waals surface area contributed by atoms with Crippen molar-refractivity contribution in [3.63, 3.8) is 0 Å². The number of benzene rings is 2. The lowest BCUT2D eigenvalue weighted by Crippen LogP contribution is -2.42. The van der Waals surface area contributed by atoms with Gasteiger partial charge >= 0.3 is 11.8 Å². The molecule has 2 aromatic carbocycles. The first kappa shape index (κ1) is 20.1. The number of hydrogen-bond donors (Lipinski definition) is 2. The van der Waals surface area contributed by atoms with Crippen LogP contribution in [-0.2, 0) is 16.0 Å². The number of hydrogen-bond acceptors (Lipinski definition) is 5. The molecule has 0 spiro atoms. The first-order valence-corrected chi connectivity index (χ1v) is 8.58. The van der Waals surface area contributed by atoms with E-state index in [4.69, 9.17) is 14.2 Å². The van der Waals surface area contributed by atoms with Gasteiger partial charge in [-0.05, 0) is 48.4 Å². The second-order valence-corrected chi connectivity index (χ2v) is 5.64. The highest BCUT2D eigenvalue weighted by Crippen LogP contribution is 2.16. The summed E-state index contributed by atoms with van der Waals surface area (Å²) in [6.45, 7) is 0.852. The highest BCUT2D eigenvalue weighted by atomic mass is 16.5. The van der Waals surface area contributed by atoms with E-state index >= 15 is 0 Å². The molecule has 7 nitrogen and oxygen atoms in total. The number of rotatable bonds is 9. The number of amides is 2. The zero-order valence-electron chi connectivity index (χ0n) is 15.5. The van der Waals surface area contributed by atoms with Gasteiger partial charge in [-0.2, -0.15) is 0 Å². The van der Waals surface area contributed by atoms with E-state index in [-0.39, 0.29) is 13.2 Å². The van der Waals surface area contributed by atoms with Crippen LogP contribution in [0.4, 0.5) is 0 Å². The van der Waals surface area contributed by atoms with E-state index in [1.807, 2.05) is 24.3 Å². The molecule has 0 atom stereocenters. The van der Waals surface area contributed by atoms with Crippen LogP contribution in [0.2, 0.25) is 0 Å². The normalized spacial score (nSPS) is 10.0. The Morgan fingerprint density at radius 1 is 0.815 bits per heavy atom. The van der Waals surface area contributed by atoms with Crippen molar-refractivity contribution >= 4 is 11.8 Å². The van der Waals surface area contributed by atoms with E-state index in [2.05, 4.69) is 10.6 Å². The summed E-state index contributed by atoms with van der Waals surface area (Å²) < 4.78 is 15.7. The zero-order chi connectivity index (χ0) is 19.5. The summed E-state index contributed by atoms with van der Waals surface area (Å²) >= 11 is 0. The number of ether oxygens (including phenoxy) is 3. The fraction of sp³-hybridized carbons (Fsp3) is 0.300. The zero-order valence-corrected chi connectivity index (χ0v) is 15.5. The molecular formula is C20H24N2O5. The molecule has 0 aliphatic heterocycles. The van der Waals surface area contributed by atoms with Gasteiger partial charge in [0.2, 0.25) is 0 Å². The number of carbonyl (C=O) groups is 2. The number of methoxy groups -OCH3 is 2. The molecule has 0 radical (unpaired) electrons. The Bertz CT molecular complexity index is 746. The summed E-state index contributed by atoms with van der Waals surface area (Å²) in [6, 6.07) is 14.7. The molecule has 0 bridgehead atoms. The van der Waals surface area contributed by atoms with Crippen molar-refractivity contribution < 1.29 is 23.8 Å². The van der Waals surface area contributed by atoms with Crippen LogP contribution < -0.4 is 24.8 Å². The Labute approximate surface area is 158 Å². The van der Waals surface area contributed by atoms with Gasteiger partial charge in [-0.1, -0.05) is 12.1 Å². The van der Waals surface area contributed by atoms with Crippen LogP contribution in [0.5, 0.6) is 17.2 Å². The Balaban J connectivity index is 1.62. The van der Waals surface area contributed by atoms with E-state index in [0.717, 1.165) is 17.1 Å². The highest BCUT2D eigenvalue weighted by Gasteiger charge is 2.12. The molecule has 0 saturated carbocycles. The van der Waals surface area contributed by atoms with Gasteiger partial charge in [0.25, 0.3) is 0 Å². The Morgan fingerprint density at radius 3 is 2.11 bits per heavy atom. The molecule has 0 aliphatic carbocycles. The van der Waals surface area contributed by atoms with E-state index in [9.17, 15) is 9.59 Å². The monoisotopic (exact) mass is 372 g/mol. The number of nitrogens with one attached hydrogen (secondary N) is 2. The number of carbonyl (C=O) groups excluding carboxylic acids is 2. The summed E-state index contributed by atoms with van der Waals surface area (Å²) in [7, 11) is 3.19. The first-order valence-electron chi connectivity index (χ1n) is 8.58. The molecule has 2 N–H and O–H groups in total. The predicted molar refractivity (Wildman–Crippen MR) is 101 cm³/mol. The maximum atomic E-state index is 11.8. The summed E-state index contributed by atoms with van der Waals surface area (Å²) in [6.07, 6.45) is 0.608. The third kappa shape index (κ3) is 6.89. The van der Waals surface area contributed by atoms with Crippen LogP contribution in [0.3, 0.4) is 0 Å². The van der Waals surface area contributed by atoms with Gasteiger partial charge < -0.3 is 24.8 Å². The van der Waals surface area contributed by atoms with Gasteiger partial charge in [0.1, 0.15) is 23.9 Å². The van der Waals surface area contributed by atoms with Crippen LogP contribution in [0.15, 0.2) is 48.5 Å². The van der Waals surface area contributed by atoms with E-state index in [0.29, 0.717) is 18.7 Å². The third-order valence-electron chi connectivity index (χ3n) is 3.76. The summed E-state index contributed by atoms with van der Waals surface area (Å²) in [4.78, 5) is 23.6. The molecule has 0 saturated heterocycles. The minimum absolute atomic E-state index is 0.230. The van der Waals surface area contributed by atoms with Gasteiger partial charge in [-0.25, -0.2) is 0 Å². The van der Waals surface area contributed by atoms with Crippen molar-refractivity contribution in [1.82, 2.24) is 10.6 Å². The van der Waals surface area contributed by atoms with Crippen molar-refractivity contribution in [3.05, 3.63) is 54.1 Å². The van der Waals surface area contributed by atoms with Gasteiger partial charge in [0, 0.05) is 6.54 Å². The quantitative estimate of drug-likeness (QED) is 0.515. The molecule has 0 heterocycles. The van der Waals surface area contributed by atoms with Crippen molar-refractivity contribution in [2.75, 3.05) is 33.9 Å². The smallest absolute Gasteiger partial charge is 0.309 e. The molecular weight excluding hydrogens is 348 g/mol. The summed E-state index contributed by atoms with van der Waals surface area (Å²) in [5.41, 5.74) is 1.02. The fourth-order valence-electron chi connectivity index (χ4n) is 2.31. The van der Waals surface area contributed by atoms with Crippen molar-refractivity contribution in [2.24, 2.45) is 0 Å². The largest absolute Gasteiger partial charge is 0.497 e. The second kappa shape index (κ2) is 10.7. The molecule has 0 fully saturated rings. The van der Waals surface area contributed by atoms with Gasteiger partial charge in [-0.3, -0.25) is 9.59 Å². The highest BCUT2D eigenvalue weighted by molar-refractivity contribution is 6.35. The van der Waals surface area contributed by atoms with E-state index < -0.39 is 11.8 Å². The Hall–Kier alpha value is -3.22. The van der Waals surface area contributed by atoms with Crippen molar-refractivity contribution in [3.8, 4) is 17.2 Å². The fourth-order valence-corrected chi connectivity index (χ4v) is 2.31. The Morgan fingerprint density at radius 2 is 1.44 bits per heavy atom. The van der Waals surface area contributed by atoms with Crippen molar-refractivity contribution in [2.45, 2.75) is 6.42 Å². The van der Waals surface area contributed by atoms with Crippen LogP contribution in [-0.4, -0.2) is 45.7 Å². The SMILES string of the molecule is COc1ccc(OCCNC(=O)C(=O)NCCc2cccc(OC)c2)cc1.